The molecule has 6 nitrogen and oxygen atoms in total. The molecular formula is C39H38N2O4Si. The van der Waals surface area contributed by atoms with E-state index in [1.807, 2.05) is 70.2 Å². The fourth-order valence-electron chi connectivity index (χ4n) is 7.73. The Bertz CT molecular complexity index is 2220. The van der Waals surface area contributed by atoms with Crippen molar-refractivity contribution in [3.63, 3.8) is 0 Å². The third-order valence-electron chi connectivity index (χ3n) is 9.99. The first-order chi connectivity index (χ1) is 22.0. The Hall–Kier alpha value is -4.54. The molecule has 7 rings (SSSR count). The molecule has 0 N–H and O–H groups in total. The van der Waals surface area contributed by atoms with E-state index < -0.39 is 8.07 Å². The number of hydrogen-bond acceptors (Lipinski definition) is 4. The summed E-state index contributed by atoms with van der Waals surface area (Å²) in [5.74, 6) is 2.41. The molecule has 2 aliphatic rings. The first-order valence-electron chi connectivity index (χ1n) is 16.5. The topological polar surface area (TPSA) is 74.8 Å². The van der Waals surface area contributed by atoms with Crippen LogP contribution in [0.3, 0.4) is 0 Å². The second-order valence-corrected chi connectivity index (χ2v) is 18.5. The van der Waals surface area contributed by atoms with Crippen molar-refractivity contribution in [2.24, 2.45) is 0 Å². The molecule has 0 aliphatic carbocycles. The summed E-state index contributed by atoms with van der Waals surface area (Å²) in [6.45, 7) is 14.6. The van der Waals surface area contributed by atoms with E-state index in [2.05, 4.69) is 31.1 Å². The largest absolute Gasteiger partial charge is 0.271 e. The van der Waals surface area contributed by atoms with E-state index in [1.165, 1.54) is 9.80 Å². The van der Waals surface area contributed by atoms with Gasteiger partial charge < -0.3 is 0 Å². The number of nitrogens with zero attached hydrogens (tertiary/aromatic N) is 2. The molecule has 0 unspecified atom stereocenters. The van der Waals surface area contributed by atoms with Crippen molar-refractivity contribution in [3.05, 3.63) is 70.3 Å². The van der Waals surface area contributed by atoms with Crippen LogP contribution in [0.5, 0.6) is 0 Å². The summed E-state index contributed by atoms with van der Waals surface area (Å²) in [4.78, 5) is 59.1. The Balaban J connectivity index is 1.65. The fraction of sp³-hybridized carbons (Fsp3) is 0.333. The molecule has 232 valence electrons. The first-order valence-corrected chi connectivity index (χ1v) is 20.0. The molecule has 7 heteroatoms. The van der Waals surface area contributed by atoms with E-state index in [1.54, 1.807) is 0 Å². The number of carbonyl (C=O) groups is 4. The summed E-state index contributed by atoms with van der Waals surface area (Å²) in [6, 6.07) is 12.9. The molecule has 0 radical (unpaired) electrons. The highest BCUT2D eigenvalue weighted by atomic mass is 28.3. The maximum absolute atomic E-state index is 14.2. The van der Waals surface area contributed by atoms with Gasteiger partial charge in [-0.25, -0.2) is 0 Å². The van der Waals surface area contributed by atoms with Gasteiger partial charge in [-0.05, 0) is 71.5 Å². The maximum atomic E-state index is 14.2. The number of imide groups is 2. The predicted molar refractivity (Wildman–Crippen MR) is 188 cm³/mol. The number of benzene rings is 5. The molecule has 5 aromatic carbocycles. The number of hydrogen-bond donors (Lipinski definition) is 0. The average molecular weight is 627 g/mol. The Morgan fingerprint density at radius 2 is 0.957 bits per heavy atom. The number of rotatable bonds is 6. The SMILES string of the molecule is CCC(CC)N1C(=O)c2ccc3c4ccc5c6c(cc(C#C[Si](C)(C)C)c(c7ccc(c2c37)C1=O)c64)C(=O)N(C(CC)CC)C5=O. The summed E-state index contributed by atoms with van der Waals surface area (Å²) in [6.07, 6.45) is 2.73. The van der Waals surface area contributed by atoms with E-state index in [4.69, 9.17) is 0 Å². The van der Waals surface area contributed by atoms with Crippen LogP contribution >= 0.6 is 0 Å². The number of carbonyl (C=O) groups excluding carboxylic acids is 4. The standard InChI is InChI=1S/C39H38N2O4Si/c1-8-22(9-2)40-36(42)27-15-12-24-25-13-16-29-34-30(39(45)41(38(29)44)23(10-3)11-4)20-21(18-19-46(5,6)7)31(35(25)34)26-14-17-28(37(40)43)33(27)32(24)26/h12-17,20,22-23H,8-11H2,1-7H3. The van der Waals surface area contributed by atoms with Gasteiger partial charge in [0.1, 0.15) is 8.07 Å². The van der Waals surface area contributed by atoms with Crippen LogP contribution in [0.25, 0.3) is 43.1 Å². The predicted octanol–water partition coefficient (Wildman–Crippen LogP) is 8.54. The molecule has 0 aromatic heterocycles. The van der Waals surface area contributed by atoms with Crippen molar-refractivity contribution >= 4 is 74.8 Å². The molecule has 2 heterocycles. The van der Waals surface area contributed by atoms with Gasteiger partial charge in [-0.15, -0.1) is 5.54 Å². The summed E-state index contributed by atoms with van der Waals surface area (Å²) in [5.41, 5.74) is 6.32. The summed E-state index contributed by atoms with van der Waals surface area (Å²) in [5, 5.41) is 6.50. The molecule has 0 fully saturated rings. The normalized spacial score (nSPS) is 15.1. The van der Waals surface area contributed by atoms with Gasteiger partial charge in [0.25, 0.3) is 23.6 Å². The first kappa shape index (κ1) is 30.1. The third-order valence-corrected chi connectivity index (χ3v) is 10.9. The minimum absolute atomic E-state index is 0.176. The highest BCUT2D eigenvalue weighted by Crippen LogP contribution is 2.48. The second-order valence-electron chi connectivity index (χ2n) is 13.7. The van der Waals surface area contributed by atoms with Gasteiger partial charge in [-0.2, -0.15) is 0 Å². The van der Waals surface area contributed by atoms with Crippen molar-refractivity contribution in [2.75, 3.05) is 0 Å². The van der Waals surface area contributed by atoms with Crippen molar-refractivity contribution in [1.29, 1.82) is 0 Å². The van der Waals surface area contributed by atoms with Crippen molar-refractivity contribution in [2.45, 2.75) is 85.1 Å². The Kier molecular flexibility index (Phi) is 6.88. The van der Waals surface area contributed by atoms with Gasteiger partial charge in [0, 0.05) is 61.4 Å². The highest BCUT2D eigenvalue weighted by molar-refractivity contribution is 6.84. The quantitative estimate of drug-likeness (QED) is 0.0623. The second kappa shape index (κ2) is 10.5. The summed E-state index contributed by atoms with van der Waals surface area (Å²) >= 11 is 0. The van der Waals surface area contributed by atoms with Crippen LogP contribution in [0, 0.1) is 11.5 Å². The van der Waals surface area contributed by atoms with Crippen LogP contribution in [0.2, 0.25) is 19.6 Å². The zero-order chi connectivity index (χ0) is 32.8. The number of amides is 4. The van der Waals surface area contributed by atoms with E-state index in [9.17, 15) is 19.2 Å². The van der Waals surface area contributed by atoms with Crippen LogP contribution in [0.4, 0.5) is 0 Å². The lowest BCUT2D eigenvalue weighted by atomic mass is 9.80. The lowest BCUT2D eigenvalue weighted by molar-refractivity contribution is 0.0514. The lowest BCUT2D eigenvalue weighted by Crippen LogP contribution is -2.46. The van der Waals surface area contributed by atoms with Gasteiger partial charge in [0.05, 0.1) is 0 Å². The van der Waals surface area contributed by atoms with Crippen molar-refractivity contribution in [3.8, 4) is 11.5 Å². The monoisotopic (exact) mass is 626 g/mol. The molecule has 0 saturated carbocycles. The van der Waals surface area contributed by atoms with Gasteiger partial charge in [0.2, 0.25) is 0 Å². The Morgan fingerprint density at radius 3 is 1.41 bits per heavy atom. The van der Waals surface area contributed by atoms with Gasteiger partial charge in [-0.1, -0.05) is 71.5 Å². The maximum Gasteiger partial charge on any atom is 0.261 e. The van der Waals surface area contributed by atoms with Gasteiger partial charge in [0.15, 0.2) is 0 Å². The highest BCUT2D eigenvalue weighted by Gasteiger charge is 2.40. The molecular weight excluding hydrogens is 589 g/mol. The van der Waals surface area contributed by atoms with Crippen molar-refractivity contribution in [1.82, 2.24) is 9.80 Å². The van der Waals surface area contributed by atoms with Gasteiger partial charge in [-0.3, -0.25) is 29.0 Å². The van der Waals surface area contributed by atoms with Gasteiger partial charge >= 0.3 is 0 Å². The molecule has 0 atom stereocenters. The van der Waals surface area contributed by atoms with E-state index in [-0.39, 0.29) is 35.7 Å². The molecule has 0 saturated heterocycles. The molecule has 2 aliphatic heterocycles. The zero-order valence-corrected chi connectivity index (χ0v) is 28.6. The minimum Gasteiger partial charge on any atom is -0.271 e. The fourth-order valence-corrected chi connectivity index (χ4v) is 8.24. The third kappa shape index (κ3) is 4.02. The van der Waals surface area contributed by atoms with Crippen LogP contribution < -0.4 is 0 Å². The Labute approximate surface area is 270 Å². The smallest absolute Gasteiger partial charge is 0.261 e. The van der Waals surface area contributed by atoms with E-state index in [0.717, 1.165) is 37.9 Å². The van der Waals surface area contributed by atoms with Crippen molar-refractivity contribution < 1.29 is 19.2 Å². The van der Waals surface area contributed by atoms with Crippen LogP contribution in [0.15, 0.2) is 42.5 Å². The number of fused-ring (bicyclic) bond motifs is 2. The zero-order valence-electron chi connectivity index (χ0n) is 27.6. The molecule has 0 bridgehead atoms. The molecule has 4 amide bonds. The molecule has 5 aromatic rings. The average Bonchev–Trinajstić information content (AvgIpc) is 3.04. The van der Waals surface area contributed by atoms with Crippen LogP contribution in [-0.4, -0.2) is 53.6 Å². The van der Waals surface area contributed by atoms with Crippen LogP contribution in [-0.2, 0) is 0 Å². The molecule has 0 spiro atoms. The summed E-state index contributed by atoms with van der Waals surface area (Å²) < 4.78 is 0. The lowest BCUT2D eigenvalue weighted by Gasteiger charge is -2.34. The van der Waals surface area contributed by atoms with E-state index >= 15 is 0 Å². The molecule has 46 heavy (non-hydrogen) atoms. The van der Waals surface area contributed by atoms with Crippen LogP contribution in [0.1, 0.15) is 100 Å². The minimum atomic E-state index is -1.83. The van der Waals surface area contributed by atoms with E-state index in [0.29, 0.717) is 58.7 Å². The summed E-state index contributed by atoms with van der Waals surface area (Å²) in [7, 11) is -1.83. The Morgan fingerprint density at radius 1 is 0.543 bits per heavy atom.